The maximum absolute atomic E-state index is 12.2. The van der Waals surface area contributed by atoms with E-state index in [0.29, 0.717) is 5.92 Å². The average molecular weight is 342 g/mol. The Kier molecular flexibility index (Phi) is 5.70. The van der Waals surface area contributed by atoms with Crippen LogP contribution in [-0.2, 0) is 0 Å². The molecule has 1 amide bonds. The molecule has 0 radical (unpaired) electrons. The molecule has 1 aromatic heterocycles. The van der Waals surface area contributed by atoms with Crippen LogP contribution in [0.15, 0.2) is 27.0 Å². The fourth-order valence-electron chi connectivity index (χ4n) is 3.28. The van der Waals surface area contributed by atoms with Gasteiger partial charge in [-0.1, -0.05) is 11.6 Å². The first kappa shape index (κ1) is 17.8. The summed E-state index contributed by atoms with van der Waals surface area (Å²) in [4.78, 5) is 25.7. The normalized spacial score (nSPS) is 25.2. The first-order chi connectivity index (χ1) is 10.6. The molecular weight excluding hydrogens is 318 g/mol. The first-order valence-electron chi connectivity index (χ1n) is 7.90. The molecule has 128 valence electrons. The van der Waals surface area contributed by atoms with E-state index in [0.717, 1.165) is 25.6 Å². The smallest absolute Gasteiger partial charge is 0.290 e. The highest BCUT2D eigenvalue weighted by atomic mass is 35.5. The largest absolute Gasteiger partial charge is 0.373 e. The Morgan fingerprint density at radius 2 is 2.22 bits per heavy atom. The molecule has 7 heteroatoms. The van der Waals surface area contributed by atoms with Gasteiger partial charge in [0.15, 0.2) is 0 Å². The van der Waals surface area contributed by atoms with Gasteiger partial charge in [-0.15, -0.1) is 12.4 Å². The fourth-order valence-corrected chi connectivity index (χ4v) is 3.28. The number of carbonyl (C=O) groups is 1. The number of likely N-dealkylation sites (tertiary alicyclic amines) is 1. The first-order valence-corrected chi connectivity index (χ1v) is 7.90. The van der Waals surface area contributed by atoms with Crippen molar-refractivity contribution < 1.29 is 9.32 Å². The zero-order valence-electron chi connectivity index (χ0n) is 13.5. The lowest BCUT2D eigenvalue weighted by Gasteiger charge is -2.18. The second-order valence-corrected chi connectivity index (χ2v) is 6.49. The molecule has 23 heavy (non-hydrogen) atoms. The summed E-state index contributed by atoms with van der Waals surface area (Å²) in [5.74, 6) is 0.972. The standard InChI is InChI=1S/C16H23N3O3.ClH/c1-3-10(2)7-19-8-12(11-4-5-11)13(9-19)17-16(21)14-6-15(20)18-22-14;/h3,6,11-13H,4-5,7-9H2,1-2H3,(H,17,21)(H,18,20);1H/b10-3+;/t12-,13+;/m1./s1. The van der Waals surface area contributed by atoms with Crippen molar-refractivity contribution in [2.24, 2.45) is 11.8 Å². The van der Waals surface area contributed by atoms with Gasteiger partial charge in [-0.05, 0) is 38.5 Å². The van der Waals surface area contributed by atoms with Gasteiger partial charge >= 0.3 is 0 Å². The van der Waals surface area contributed by atoms with Crippen molar-refractivity contribution >= 4 is 18.3 Å². The third kappa shape index (κ3) is 4.26. The van der Waals surface area contributed by atoms with Gasteiger partial charge in [0.25, 0.3) is 11.5 Å². The van der Waals surface area contributed by atoms with Crippen LogP contribution < -0.4 is 10.9 Å². The summed E-state index contributed by atoms with van der Waals surface area (Å²) in [5, 5.41) is 5.20. The molecule has 2 fully saturated rings. The summed E-state index contributed by atoms with van der Waals surface area (Å²) in [6, 6.07) is 1.32. The lowest BCUT2D eigenvalue weighted by Crippen LogP contribution is -2.41. The Morgan fingerprint density at radius 1 is 1.48 bits per heavy atom. The van der Waals surface area contributed by atoms with E-state index in [-0.39, 0.29) is 35.7 Å². The lowest BCUT2D eigenvalue weighted by molar-refractivity contribution is 0.0890. The molecular formula is C16H24ClN3O3. The molecule has 3 rings (SSSR count). The van der Waals surface area contributed by atoms with Gasteiger partial charge in [-0.3, -0.25) is 14.5 Å². The number of carbonyl (C=O) groups excluding carboxylic acids is 1. The van der Waals surface area contributed by atoms with Crippen molar-refractivity contribution in [1.29, 1.82) is 0 Å². The van der Waals surface area contributed by atoms with Crippen molar-refractivity contribution in [1.82, 2.24) is 15.4 Å². The summed E-state index contributed by atoms with van der Waals surface area (Å²) < 4.78 is 4.88. The summed E-state index contributed by atoms with van der Waals surface area (Å²) in [6.07, 6.45) is 4.64. The maximum atomic E-state index is 12.2. The Labute approximate surface area is 141 Å². The van der Waals surface area contributed by atoms with Gasteiger partial charge in [0.1, 0.15) is 0 Å². The lowest BCUT2D eigenvalue weighted by atomic mass is 9.98. The minimum Gasteiger partial charge on any atom is -0.373 e. The van der Waals surface area contributed by atoms with Crippen LogP contribution in [0.4, 0.5) is 0 Å². The molecule has 1 aliphatic heterocycles. The topological polar surface area (TPSA) is 78.3 Å². The number of aromatic amines is 1. The van der Waals surface area contributed by atoms with E-state index in [1.165, 1.54) is 24.5 Å². The molecule has 1 saturated heterocycles. The molecule has 6 nitrogen and oxygen atoms in total. The van der Waals surface area contributed by atoms with Crippen LogP contribution in [0, 0.1) is 11.8 Å². The van der Waals surface area contributed by atoms with E-state index in [9.17, 15) is 9.59 Å². The number of amides is 1. The van der Waals surface area contributed by atoms with E-state index in [2.05, 4.69) is 35.3 Å². The number of allylic oxidation sites excluding steroid dienone is 1. The highest BCUT2D eigenvalue weighted by molar-refractivity contribution is 5.91. The third-order valence-corrected chi connectivity index (χ3v) is 4.70. The Hall–Kier alpha value is -1.53. The van der Waals surface area contributed by atoms with E-state index in [1.807, 2.05) is 0 Å². The second-order valence-electron chi connectivity index (χ2n) is 6.49. The van der Waals surface area contributed by atoms with Gasteiger partial charge in [0, 0.05) is 25.7 Å². The van der Waals surface area contributed by atoms with Crippen LogP contribution in [0.25, 0.3) is 0 Å². The summed E-state index contributed by atoms with van der Waals surface area (Å²) in [7, 11) is 0. The van der Waals surface area contributed by atoms with Gasteiger partial charge in [0.2, 0.25) is 5.76 Å². The van der Waals surface area contributed by atoms with Crippen LogP contribution in [0.3, 0.4) is 0 Å². The third-order valence-electron chi connectivity index (χ3n) is 4.70. The number of nitrogens with one attached hydrogen (secondary N) is 2. The highest BCUT2D eigenvalue weighted by Gasteiger charge is 2.43. The number of hydrogen-bond acceptors (Lipinski definition) is 4. The molecule has 0 aromatic carbocycles. The van der Waals surface area contributed by atoms with Gasteiger partial charge in [-0.25, -0.2) is 0 Å². The Bertz CT molecular complexity index is 633. The van der Waals surface area contributed by atoms with E-state index >= 15 is 0 Å². The molecule has 0 unspecified atom stereocenters. The fraction of sp³-hybridized carbons (Fsp3) is 0.625. The number of hydrogen-bond donors (Lipinski definition) is 2. The number of halogens is 1. The molecule has 1 aromatic rings. The van der Waals surface area contributed by atoms with Gasteiger partial charge in [-0.2, -0.15) is 5.16 Å². The van der Waals surface area contributed by atoms with Crippen molar-refractivity contribution in [3.63, 3.8) is 0 Å². The van der Waals surface area contributed by atoms with E-state index < -0.39 is 0 Å². The predicted octanol–water partition coefficient (Wildman–Crippen LogP) is 1.80. The molecule has 2 atom stereocenters. The molecule has 1 saturated carbocycles. The zero-order valence-corrected chi connectivity index (χ0v) is 14.3. The molecule has 0 spiro atoms. The minimum atomic E-state index is -0.388. The molecule has 1 aliphatic carbocycles. The number of nitrogens with zero attached hydrogens (tertiary/aromatic N) is 1. The zero-order chi connectivity index (χ0) is 15.7. The van der Waals surface area contributed by atoms with Crippen LogP contribution in [0.5, 0.6) is 0 Å². The Balaban J connectivity index is 0.00000192. The second kappa shape index (κ2) is 7.36. The van der Waals surface area contributed by atoms with Crippen LogP contribution in [-0.4, -0.2) is 41.6 Å². The monoisotopic (exact) mass is 341 g/mol. The van der Waals surface area contributed by atoms with E-state index in [1.54, 1.807) is 0 Å². The summed E-state index contributed by atoms with van der Waals surface area (Å²) >= 11 is 0. The van der Waals surface area contributed by atoms with Gasteiger partial charge < -0.3 is 9.84 Å². The number of rotatable bonds is 5. The number of aromatic nitrogens is 1. The van der Waals surface area contributed by atoms with Crippen LogP contribution in [0.1, 0.15) is 37.2 Å². The predicted molar refractivity (Wildman–Crippen MR) is 89.9 cm³/mol. The molecule has 2 heterocycles. The van der Waals surface area contributed by atoms with Crippen molar-refractivity contribution in [3.05, 3.63) is 33.8 Å². The van der Waals surface area contributed by atoms with E-state index in [4.69, 9.17) is 4.52 Å². The van der Waals surface area contributed by atoms with Gasteiger partial charge in [0.05, 0.1) is 6.07 Å². The molecule has 2 N–H and O–H groups in total. The van der Waals surface area contributed by atoms with Crippen molar-refractivity contribution in [3.8, 4) is 0 Å². The Morgan fingerprint density at radius 3 is 2.78 bits per heavy atom. The highest BCUT2D eigenvalue weighted by Crippen LogP contribution is 2.41. The van der Waals surface area contributed by atoms with Crippen molar-refractivity contribution in [2.75, 3.05) is 19.6 Å². The SMILES string of the molecule is C/C=C(\C)CN1C[C@H](NC(=O)c2cc(=O)[nH]o2)[C@@H](C2CC2)C1.Cl. The summed E-state index contributed by atoms with van der Waals surface area (Å²) in [6.45, 7) is 7.01. The number of H-pyrrole nitrogens is 1. The van der Waals surface area contributed by atoms with Crippen molar-refractivity contribution in [2.45, 2.75) is 32.7 Å². The maximum Gasteiger partial charge on any atom is 0.290 e. The minimum absolute atomic E-state index is 0. The van der Waals surface area contributed by atoms with Crippen LogP contribution in [0.2, 0.25) is 0 Å². The molecule has 0 bridgehead atoms. The average Bonchev–Trinajstić information content (AvgIpc) is 3.13. The van der Waals surface area contributed by atoms with Crippen LogP contribution >= 0.6 is 12.4 Å². The molecule has 2 aliphatic rings. The quantitative estimate of drug-likeness (QED) is 0.800. The summed E-state index contributed by atoms with van der Waals surface area (Å²) in [5.41, 5.74) is 0.957.